The molecule has 1 atom stereocenters. The van der Waals surface area contributed by atoms with Gasteiger partial charge in [0.2, 0.25) is 5.91 Å². The molecular weight excluding hydrogens is 340 g/mol. The highest BCUT2D eigenvalue weighted by molar-refractivity contribution is 5.76. The van der Waals surface area contributed by atoms with Crippen LogP contribution in [0, 0.1) is 0 Å². The maximum Gasteiger partial charge on any atom is 0.220 e. The van der Waals surface area contributed by atoms with Gasteiger partial charge in [-0.2, -0.15) is 0 Å². The lowest BCUT2D eigenvalue weighted by molar-refractivity contribution is -0.122. The molecule has 0 aliphatic carbocycles. The Labute approximate surface area is 161 Å². The van der Waals surface area contributed by atoms with Crippen molar-refractivity contribution in [1.82, 2.24) is 10.2 Å². The number of rotatable bonds is 8. The Morgan fingerprint density at radius 2 is 1.81 bits per heavy atom. The van der Waals surface area contributed by atoms with Gasteiger partial charge in [0, 0.05) is 26.1 Å². The van der Waals surface area contributed by atoms with E-state index in [1.807, 2.05) is 42.5 Å². The lowest BCUT2D eigenvalue weighted by Gasteiger charge is -2.31. The van der Waals surface area contributed by atoms with E-state index in [1.54, 1.807) is 7.11 Å². The number of morpholine rings is 1. The van der Waals surface area contributed by atoms with Crippen LogP contribution in [-0.2, 0) is 16.0 Å². The first kappa shape index (κ1) is 19.4. The van der Waals surface area contributed by atoms with Crippen molar-refractivity contribution in [2.75, 3.05) is 40.0 Å². The van der Waals surface area contributed by atoms with Crippen molar-refractivity contribution in [2.24, 2.45) is 0 Å². The van der Waals surface area contributed by atoms with Crippen LogP contribution in [0.15, 0.2) is 54.6 Å². The lowest BCUT2D eigenvalue weighted by atomic mass is 10.0. The minimum absolute atomic E-state index is 0.00679. The Balaban J connectivity index is 1.57. The van der Waals surface area contributed by atoms with Crippen LogP contribution in [0.2, 0.25) is 0 Å². The Kier molecular flexibility index (Phi) is 7.25. The van der Waals surface area contributed by atoms with Crippen molar-refractivity contribution in [2.45, 2.75) is 18.9 Å². The van der Waals surface area contributed by atoms with Gasteiger partial charge in [0.1, 0.15) is 5.75 Å². The van der Waals surface area contributed by atoms with E-state index >= 15 is 0 Å². The Bertz CT molecular complexity index is 697. The summed E-state index contributed by atoms with van der Waals surface area (Å²) in [5, 5.41) is 3.23. The third-order valence-electron chi connectivity index (χ3n) is 4.88. The molecule has 27 heavy (non-hydrogen) atoms. The van der Waals surface area contributed by atoms with E-state index in [0.29, 0.717) is 6.42 Å². The van der Waals surface area contributed by atoms with Gasteiger partial charge in [0.25, 0.3) is 0 Å². The summed E-state index contributed by atoms with van der Waals surface area (Å²) in [5.41, 5.74) is 2.28. The molecule has 0 spiro atoms. The van der Waals surface area contributed by atoms with E-state index in [-0.39, 0.29) is 11.9 Å². The largest absolute Gasteiger partial charge is 0.497 e. The predicted octanol–water partition coefficient (Wildman–Crippen LogP) is 2.82. The zero-order valence-corrected chi connectivity index (χ0v) is 15.9. The number of nitrogens with one attached hydrogen (secondary N) is 1. The SMILES string of the molecule is COc1ccc(CCC(=O)NC(CN2CCOCC2)c2ccccc2)cc1. The number of nitrogens with zero attached hydrogens (tertiary/aromatic N) is 1. The van der Waals surface area contributed by atoms with Crippen LogP contribution in [0.1, 0.15) is 23.6 Å². The van der Waals surface area contributed by atoms with Gasteiger partial charge in [-0.1, -0.05) is 42.5 Å². The number of carbonyl (C=O) groups excluding carboxylic acids is 1. The van der Waals surface area contributed by atoms with Crippen LogP contribution in [-0.4, -0.2) is 50.8 Å². The van der Waals surface area contributed by atoms with Crippen molar-refractivity contribution in [3.05, 3.63) is 65.7 Å². The monoisotopic (exact) mass is 368 g/mol. The van der Waals surface area contributed by atoms with E-state index < -0.39 is 0 Å². The summed E-state index contributed by atoms with van der Waals surface area (Å²) >= 11 is 0. The van der Waals surface area contributed by atoms with E-state index in [9.17, 15) is 4.79 Å². The zero-order chi connectivity index (χ0) is 18.9. The number of amides is 1. The number of aryl methyl sites for hydroxylation is 1. The normalized spacial score (nSPS) is 15.9. The molecule has 1 fully saturated rings. The van der Waals surface area contributed by atoms with Gasteiger partial charge < -0.3 is 14.8 Å². The molecule has 1 aliphatic heterocycles. The third kappa shape index (κ3) is 6.08. The zero-order valence-electron chi connectivity index (χ0n) is 15.9. The maximum absolute atomic E-state index is 12.6. The van der Waals surface area contributed by atoms with Gasteiger partial charge in [-0.3, -0.25) is 9.69 Å². The fourth-order valence-electron chi connectivity index (χ4n) is 3.28. The van der Waals surface area contributed by atoms with E-state index in [1.165, 1.54) is 0 Å². The van der Waals surface area contributed by atoms with Crippen LogP contribution in [0.4, 0.5) is 0 Å². The summed E-state index contributed by atoms with van der Waals surface area (Å²) in [5.74, 6) is 0.908. The standard InChI is InChI=1S/C22H28N2O3/c1-26-20-10-7-18(8-11-20)9-12-22(25)23-21(19-5-3-2-4-6-19)17-24-13-15-27-16-14-24/h2-8,10-11,21H,9,12-17H2,1H3,(H,23,25). The van der Waals surface area contributed by atoms with E-state index in [0.717, 1.165) is 56.1 Å². The summed E-state index contributed by atoms with van der Waals surface area (Å²) in [6, 6.07) is 18.1. The molecule has 2 aromatic carbocycles. The van der Waals surface area contributed by atoms with Gasteiger partial charge in [-0.15, -0.1) is 0 Å². The molecule has 0 radical (unpaired) electrons. The maximum atomic E-state index is 12.6. The molecule has 1 unspecified atom stereocenters. The fourth-order valence-corrected chi connectivity index (χ4v) is 3.28. The minimum atomic E-state index is -0.00679. The summed E-state index contributed by atoms with van der Waals surface area (Å²) in [6.45, 7) is 4.14. The molecule has 0 saturated carbocycles. The Hall–Kier alpha value is -2.37. The molecule has 1 saturated heterocycles. The van der Waals surface area contributed by atoms with Crippen molar-refractivity contribution in [3.8, 4) is 5.75 Å². The number of hydrogen-bond acceptors (Lipinski definition) is 4. The van der Waals surface area contributed by atoms with Crippen molar-refractivity contribution < 1.29 is 14.3 Å². The van der Waals surface area contributed by atoms with Crippen LogP contribution in [0.3, 0.4) is 0 Å². The molecule has 1 heterocycles. The van der Waals surface area contributed by atoms with Crippen LogP contribution in [0.25, 0.3) is 0 Å². The van der Waals surface area contributed by atoms with Gasteiger partial charge in [-0.25, -0.2) is 0 Å². The summed E-state index contributed by atoms with van der Waals surface area (Å²) in [6.07, 6.45) is 1.19. The second-order valence-electron chi connectivity index (χ2n) is 6.79. The second-order valence-corrected chi connectivity index (χ2v) is 6.79. The number of ether oxygens (including phenoxy) is 2. The van der Waals surface area contributed by atoms with Crippen molar-refractivity contribution in [1.29, 1.82) is 0 Å². The van der Waals surface area contributed by atoms with Crippen LogP contribution < -0.4 is 10.1 Å². The smallest absolute Gasteiger partial charge is 0.220 e. The minimum Gasteiger partial charge on any atom is -0.497 e. The van der Waals surface area contributed by atoms with Crippen LogP contribution >= 0.6 is 0 Å². The van der Waals surface area contributed by atoms with Crippen molar-refractivity contribution >= 4 is 5.91 Å². The molecule has 0 aromatic heterocycles. The van der Waals surface area contributed by atoms with Gasteiger partial charge in [-0.05, 0) is 29.7 Å². The Morgan fingerprint density at radius 1 is 1.11 bits per heavy atom. The number of benzene rings is 2. The highest BCUT2D eigenvalue weighted by Crippen LogP contribution is 2.16. The third-order valence-corrected chi connectivity index (χ3v) is 4.88. The average Bonchev–Trinajstić information content (AvgIpc) is 2.73. The molecule has 144 valence electrons. The van der Waals surface area contributed by atoms with Gasteiger partial charge >= 0.3 is 0 Å². The summed E-state index contributed by atoms with van der Waals surface area (Å²) in [4.78, 5) is 14.9. The van der Waals surface area contributed by atoms with Crippen LogP contribution in [0.5, 0.6) is 5.75 Å². The van der Waals surface area contributed by atoms with E-state index in [2.05, 4.69) is 22.3 Å². The first-order chi connectivity index (χ1) is 13.2. The Morgan fingerprint density at radius 3 is 2.48 bits per heavy atom. The summed E-state index contributed by atoms with van der Waals surface area (Å²) < 4.78 is 10.6. The van der Waals surface area contributed by atoms with Gasteiger partial charge in [0.15, 0.2) is 0 Å². The molecule has 0 bridgehead atoms. The highest BCUT2D eigenvalue weighted by Gasteiger charge is 2.20. The molecule has 5 nitrogen and oxygen atoms in total. The second kappa shape index (κ2) is 10.1. The van der Waals surface area contributed by atoms with Gasteiger partial charge in [0.05, 0.1) is 26.4 Å². The highest BCUT2D eigenvalue weighted by atomic mass is 16.5. The molecule has 5 heteroatoms. The number of carbonyl (C=O) groups is 1. The molecular formula is C22H28N2O3. The van der Waals surface area contributed by atoms with E-state index in [4.69, 9.17) is 9.47 Å². The first-order valence-corrected chi connectivity index (χ1v) is 9.52. The fraction of sp³-hybridized carbons (Fsp3) is 0.409. The molecule has 3 rings (SSSR count). The quantitative estimate of drug-likeness (QED) is 0.778. The molecule has 1 amide bonds. The topological polar surface area (TPSA) is 50.8 Å². The van der Waals surface area contributed by atoms with Crippen molar-refractivity contribution in [3.63, 3.8) is 0 Å². The lowest BCUT2D eigenvalue weighted by Crippen LogP contribution is -2.43. The predicted molar refractivity (Wildman–Crippen MR) is 106 cm³/mol. The molecule has 1 aliphatic rings. The number of hydrogen-bond donors (Lipinski definition) is 1. The molecule has 1 N–H and O–H groups in total. The average molecular weight is 368 g/mol. The summed E-state index contributed by atoms with van der Waals surface area (Å²) in [7, 11) is 1.65. The first-order valence-electron chi connectivity index (χ1n) is 9.52. The number of methoxy groups -OCH3 is 1. The molecule has 2 aromatic rings.